The molecule has 0 aromatic rings. The Morgan fingerprint density at radius 1 is 0.267 bits per heavy atom. The molecule has 0 spiro atoms. The molecule has 0 aromatic heterocycles. The van der Waals surface area contributed by atoms with Gasteiger partial charge in [-0.2, -0.15) is 0 Å². The zero-order valence-electron chi connectivity index (χ0n) is 60.4. The maximum Gasteiger partial charge on any atom is 0.306 e. The van der Waals surface area contributed by atoms with Crippen LogP contribution in [-0.4, -0.2) is 36.4 Å². The third kappa shape index (κ3) is 77.5. The summed E-state index contributed by atoms with van der Waals surface area (Å²) in [6.07, 6.45) is 114. The van der Waals surface area contributed by atoms with Crippen LogP contribution in [0.3, 0.4) is 0 Å². The third-order valence-electron chi connectivity index (χ3n) is 18.2. The predicted molar refractivity (Wildman–Crippen MR) is 399 cm³/mol. The Kier molecular flexibility index (Phi) is 77.7. The fourth-order valence-corrected chi connectivity index (χ4v) is 12.2. The van der Waals surface area contributed by atoms with E-state index in [1.807, 2.05) is 0 Å². The molecule has 0 saturated carbocycles. The average molecular weight is 1260 g/mol. The van der Waals surface area contributed by atoms with Gasteiger partial charge in [-0.25, -0.2) is 0 Å². The first-order valence-electron chi connectivity index (χ1n) is 40.1. The molecule has 0 aliphatic heterocycles. The Morgan fingerprint density at radius 2 is 0.478 bits per heavy atom. The van der Waals surface area contributed by atoms with Crippen molar-refractivity contribution < 1.29 is 24.2 Å². The molecule has 524 valence electrons. The van der Waals surface area contributed by atoms with Crippen LogP contribution < -0.4 is 0 Å². The van der Waals surface area contributed by atoms with Gasteiger partial charge in [-0.3, -0.25) is 9.59 Å². The third-order valence-corrected chi connectivity index (χ3v) is 18.2. The smallest absolute Gasteiger partial charge is 0.306 e. The predicted octanol–water partition coefficient (Wildman–Crippen LogP) is 28.3. The van der Waals surface area contributed by atoms with E-state index in [4.69, 9.17) is 9.47 Å². The van der Waals surface area contributed by atoms with Gasteiger partial charge in [-0.05, 0) is 89.9 Å². The highest BCUT2D eigenvalue weighted by Crippen LogP contribution is 2.20. The Bertz CT molecular complexity index is 1620. The van der Waals surface area contributed by atoms with Crippen LogP contribution >= 0.6 is 0 Å². The molecule has 1 unspecified atom stereocenters. The number of hydrogen-bond donors (Lipinski definition) is 1. The van der Waals surface area contributed by atoms with Gasteiger partial charge in [0.15, 0.2) is 6.10 Å². The number of aliphatic hydroxyl groups excluding tert-OH is 1. The number of aliphatic hydroxyl groups is 1. The number of carbonyl (C=O) groups is 2. The van der Waals surface area contributed by atoms with Gasteiger partial charge < -0.3 is 14.6 Å². The Labute approximate surface area is 562 Å². The molecule has 5 nitrogen and oxygen atoms in total. The van der Waals surface area contributed by atoms with Crippen molar-refractivity contribution in [3.8, 4) is 0 Å². The Morgan fingerprint density at radius 3 is 0.733 bits per heavy atom. The van der Waals surface area contributed by atoms with E-state index >= 15 is 0 Å². The fourth-order valence-electron chi connectivity index (χ4n) is 12.2. The molecular formula is C85H154O5. The minimum absolute atomic E-state index is 0.0608. The molecule has 1 atom stereocenters. The maximum absolute atomic E-state index is 12.4. The Balaban J connectivity index is 3.39. The summed E-state index contributed by atoms with van der Waals surface area (Å²) in [5.41, 5.74) is 0. The van der Waals surface area contributed by atoms with Crippen molar-refractivity contribution in [1.29, 1.82) is 0 Å². The van der Waals surface area contributed by atoms with Crippen LogP contribution in [-0.2, 0) is 19.1 Å². The lowest BCUT2D eigenvalue weighted by molar-refractivity contribution is -0.161. The van der Waals surface area contributed by atoms with Crippen molar-refractivity contribution in [1.82, 2.24) is 0 Å². The summed E-state index contributed by atoms with van der Waals surface area (Å²) >= 11 is 0. The highest BCUT2D eigenvalue weighted by molar-refractivity contribution is 5.70. The highest BCUT2D eigenvalue weighted by atomic mass is 16.6. The highest BCUT2D eigenvalue weighted by Gasteiger charge is 2.16. The first kappa shape index (κ1) is 87.1. The molecule has 0 aliphatic rings. The van der Waals surface area contributed by atoms with Crippen molar-refractivity contribution in [2.24, 2.45) is 0 Å². The van der Waals surface area contributed by atoms with Crippen LogP contribution in [0.25, 0.3) is 0 Å². The molecule has 5 heteroatoms. The van der Waals surface area contributed by atoms with Crippen molar-refractivity contribution in [3.63, 3.8) is 0 Å². The van der Waals surface area contributed by atoms with E-state index in [1.54, 1.807) is 0 Å². The number of carbonyl (C=O) groups excluding carboxylic acids is 2. The first-order valence-corrected chi connectivity index (χ1v) is 40.1. The summed E-state index contributed by atoms with van der Waals surface area (Å²) in [6, 6.07) is 0. The summed E-state index contributed by atoms with van der Waals surface area (Å²) < 4.78 is 10.8. The lowest BCUT2D eigenvalue weighted by atomic mass is 10.0. The van der Waals surface area contributed by atoms with Gasteiger partial charge in [0.2, 0.25) is 0 Å². The van der Waals surface area contributed by atoms with Gasteiger partial charge in [0.05, 0.1) is 6.61 Å². The summed E-state index contributed by atoms with van der Waals surface area (Å²) in [4.78, 5) is 24.7. The van der Waals surface area contributed by atoms with Crippen molar-refractivity contribution >= 4 is 11.9 Å². The minimum atomic E-state index is -0.773. The van der Waals surface area contributed by atoms with E-state index in [2.05, 4.69) is 98.9 Å². The van der Waals surface area contributed by atoms with Crippen LogP contribution in [0.1, 0.15) is 425 Å². The molecule has 0 saturated heterocycles. The van der Waals surface area contributed by atoms with E-state index in [0.29, 0.717) is 12.8 Å². The van der Waals surface area contributed by atoms with Crippen LogP contribution in [0.15, 0.2) is 85.1 Å². The SMILES string of the molecule is CC/C=C\C/C=C\C/C=C\C/C=C\C/C=C\C/C=C\CCCCCCCCCCCCCCCCCCCCCCCCC(=O)OC(CO)COC(=O)CCCCCCCCCCCCCCCCCCCCCCCCC/C=C\CCCCCCCCCC. The van der Waals surface area contributed by atoms with Gasteiger partial charge in [-0.1, -0.05) is 407 Å². The molecule has 0 rings (SSSR count). The minimum Gasteiger partial charge on any atom is -0.462 e. The van der Waals surface area contributed by atoms with Crippen LogP contribution in [0.2, 0.25) is 0 Å². The lowest BCUT2D eigenvalue weighted by Crippen LogP contribution is -2.28. The van der Waals surface area contributed by atoms with Gasteiger partial charge in [0.25, 0.3) is 0 Å². The second-order valence-corrected chi connectivity index (χ2v) is 27.1. The molecule has 0 aliphatic carbocycles. The standard InChI is InChI=1S/C85H154O5/c1-3-5-7-9-11-13-15-17-19-21-23-25-27-29-31-33-35-37-39-40-41-42-43-44-46-48-50-52-54-56-58-60-62-64-66-68-70-72-74-76-78-80-85(88)90-83(81-86)82-89-84(87)79-77-75-73-71-69-67-65-63-61-59-57-55-53-51-49-47-45-38-36-34-32-30-28-26-24-22-20-18-16-14-12-10-8-6-4-2/h5,7,11,13,17,19,22-25,29,31,35,37,83,86H,3-4,6,8-10,12,14-16,18,20-21,26-28,30,32-34,36,38-82H2,1-2H3/b7-5-,13-11-,19-17-,24-22-,25-23-,31-29-,37-35-. The van der Waals surface area contributed by atoms with Gasteiger partial charge in [-0.15, -0.1) is 0 Å². The number of hydrogen-bond acceptors (Lipinski definition) is 5. The summed E-state index contributed by atoms with van der Waals surface area (Å²) in [5.74, 6) is -0.566. The number of ether oxygens (including phenoxy) is 2. The Hall–Kier alpha value is -2.92. The number of unbranched alkanes of at least 4 members (excludes halogenated alkanes) is 53. The van der Waals surface area contributed by atoms with E-state index < -0.39 is 6.10 Å². The number of rotatable bonds is 75. The summed E-state index contributed by atoms with van der Waals surface area (Å²) in [6.45, 7) is 4.08. The molecule has 0 radical (unpaired) electrons. The molecule has 0 amide bonds. The first-order chi connectivity index (χ1) is 44.6. The molecular weight excluding hydrogens is 1100 g/mol. The molecule has 1 N–H and O–H groups in total. The van der Waals surface area contributed by atoms with E-state index in [-0.39, 0.29) is 25.2 Å². The zero-order chi connectivity index (χ0) is 64.7. The molecule has 0 aromatic carbocycles. The van der Waals surface area contributed by atoms with Crippen molar-refractivity contribution in [2.45, 2.75) is 431 Å². The number of esters is 2. The molecule has 0 bridgehead atoms. The molecule has 0 fully saturated rings. The van der Waals surface area contributed by atoms with Crippen molar-refractivity contribution in [2.75, 3.05) is 13.2 Å². The second-order valence-electron chi connectivity index (χ2n) is 27.1. The molecule has 0 heterocycles. The fraction of sp³-hybridized carbons (Fsp3) is 0.812. The van der Waals surface area contributed by atoms with Crippen molar-refractivity contribution in [3.05, 3.63) is 85.1 Å². The maximum atomic E-state index is 12.4. The van der Waals surface area contributed by atoms with Crippen LogP contribution in [0, 0.1) is 0 Å². The van der Waals surface area contributed by atoms with Gasteiger partial charge in [0, 0.05) is 12.8 Å². The van der Waals surface area contributed by atoms with Crippen LogP contribution in [0.4, 0.5) is 0 Å². The lowest BCUT2D eigenvalue weighted by Gasteiger charge is -2.15. The van der Waals surface area contributed by atoms with E-state index in [1.165, 1.54) is 321 Å². The zero-order valence-corrected chi connectivity index (χ0v) is 60.4. The summed E-state index contributed by atoms with van der Waals surface area (Å²) in [5, 5.41) is 9.73. The second kappa shape index (κ2) is 80.3. The van der Waals surface area contributed by atoms with Crippen LogP contribution in [0.5, 0.6) is 0 Å². The van der Waals surface area contributed by atoms with Gasteiger partial charge in [0.1, 0.15) is 6.61 Å². The number of allylic oxidation sites excluding steroid dienone is 14. The van der Waals surface area contributed by atoms with E-state index in [9.17, 15) is 14.7 Å². The monoisotopic (exact) mass is 1260 g/mol. The largest absolute Gasteiger partial charge is 0.462 e. The van der Waals surface area contributed by atoms with Gasteiger partial charge >= 0.3 is 11.9 Å². The average Bonchev–Trinajstić information content (AvgIpc) is 3.60. The normalized spacial score (nSPS) is 12.6. The van der Waals surface area contributed by atoms with E-state index in [0.717, 1.165) is 77.0 Å². The molecule has 90 heavy (non-hydrogen) atoms. The quantitative estimate of drug-likeness (QED) is 0.0373. The topological polar surface area (TPSA) is 72.8 Å². The summed E-state index contributed by atoms with van der Waals surface area (Å²) in [7, 11) is 0.